The van der Waals surface area contributed by atoms with Gasteiger partial charge in [0.1, 0.15) is 0 Å². The predicted octanol–water partition coefficient (Wildman–Crippen LogP) is 2.70. The van der Waals surface area contributed by atoms with Gasteiger partial charge in [0.25, 0.3) is 0 Å². The van der Waals surface area contributed by atoms with Crippen LogP contribution in [0.5, 0.6) is 0 Å². The Morgan fingerprint density at radius 1 is 1.40 bits per heavy atom. The lowest BCUT2D eigenvalue weighted by molar-refractivity contribution is 1.05. The van der Waals surface area contributed by atoms with E-state index < -0.39 is 0 Å². The molecule has 0 amide bonds. The second kappa shape index (κ2) is 3.66. The van der Waals surface area contributed by atoms with Crippen LogP contribution in [0.3, 0.4) is 0 Å². The van der Waals surface area contributed by atoms with Crippen LogP contribution in [0.2, 0.25) is 0 Å². The van der Waals surface area contributed by atoms with Gasteiger partial charge in [-0.15, -0.1) is 11.3 Å². The molecule has 1 aliphatic rings. The van der Waals surface area contributed by atoms with E-state index in [-0.39, 0.29) is 0 Å². The van der Waals surface area contributed by atoms with Gasteiger partial charge in [0.2, 0.25) is 0 Å². The molecule has 1 N–H and O–H groups in total. The third-order valence-electron chi connectivity index (χ3n) is 2.79. The van der Waals surface area contributed by atoms with Crippen molar-refractivity contribution >= 4 is 17.0 Å². The van der Waals surface area contributed by atoms with E-state index in [1.807, 2.05) is 11.6 Å². The molecule has 2 aromatic rings. The molecule has 0 bridgehead atoms. The standard InChI is InChI=1S/C12H12N2S/c1-2-9(8-12-14-6-7-15-12)10-4-5-13-11(10)3-1/h1-3,6-7,13H,4-5,8H2. The number of benzene rings is 1. The van der Waals surface area contributed by atoms with E-state index in [4.69, 9.17) is 0 Å². The van der Waals surface area contributed by atoms with Crippen molar-refractivity contribution in [3.8, 4) is 0 Å². The molecule has 0 spiro atoms. The van der Waals surface area contributed by atoms with Crippen molar-refractivity contribution in [2.24, 2.45) is 0 Å². The van der Waals surface area contributed by atoms with Crippen LogP contribution in [-0.4, -0.2) is 11.5 Å². The lowest BCUT2D eigenvalue weighted by atomic mass is 10.0. The van der Waals surface area contributed by atoms with E-state index in [1.54, 1.807) is 11.3 Å². The maximum absolute atomic E-state index is 4.34. The Kier molecular flexibility index (Phi) is 2.18. The van der Waals surface area contributed by atoms with Gasteiger partial charge in [-0.2, -0.15) is 0 Å². The van der Waals surface area contributed by atoms with Crippen LogP contribution in [0.15, 0.2) is 29.8 Å². The quantitative estimate of drug-likeness (QED) is 0.835. The molecule has 1 aromatic heterocycles. The number of hydrogen-bond donors (Lipinski definition) is 1. The minimum absolute atomic E-state index is 0.975. The van der Waals surface area contributed by atoms with Gasteiger partial charge in [-0.25, -0.2) is 4.98 Å². The molecule has 3 rings (SSSR count). The summed E-state index contributed by atoms with van der Waals surface area (Å²) in [4.78, 5) is 4.34. The Hall–Kier alpha value is -1.35. The average molecular weight is 216 g/mol. The summed E-state index contributed by atoms with van der Waals surface area (Å²) in [7, 11) is 0. The third-order valence-corrected chi connectivity index (χ3v) is 3.57. The fourth-order valence-corrected chi connectivity index (χ4v) is 2.73. The molecule has 0 atom stereocenters. The number of anilines is 1. The summed E-state index contributed by atoms with van der Waals surface area (Å²) in [5.74, 6) is 0. The van der Waals surface area contributed by atoms with Gasteiger partial charge in [-0.1, -0.05) is 12.1 Å². The molecule has 0 saturated carbocycles. The molecule has 1 aromatic carbocycles. The molecule has 3 heteroatoms. The van der Waals surface area contributed by atoms with Crippen molar-refractivity contribution in [2.75, 3.05) is 11.9 Å². The summed E-state index contributed by atoms with van der Waals surface area (Å²) in [5, 5.41) is 6.65. The van der Waals surface area contributed by atoms with Crippen LogP contribution in [-0.2, 0) is 12.8 Å². The Bertz CT molecular complexity index is 462. The summed E-state index contributed by atoms with van der Waals surface area (Å²) in [6.07, 6.45) is 4.00. The molecule has 1 aliphatic heterocycles. The van der Waals surface area contributed by atoms with Crippen LogP contribution in [0.4, 0.5) is 5.69 Å². The average Bonchev–Trinajstić information content (AvgIpc) is 2.87. The number of hydrogen-bond acceptors (Lipinski definition) is 3. The number of nitrogens with zero attached hydrogens (tertiary/aromatic N) is 1. The first kappa shape index (κ1) is 8.92. The highest BCUT2D eigenvalue weighted by Gasteiger charge is 2.14. The first-order chi connectivity index (χ1) is 7.43. The zero-order valence-corrected chi connectivity index (χ0v) is 9.18. The highest BCUT2D eigenvalue weighted by atomic mass is 32.1. The van der Waals surface area contributed by atoms with E-state index in [2.05, 4.69) is 28.5 Å². The van der Waals surface area contributed by atoms with Gasteiger partial charge in [0, 0.05) is 30.2 Å². The van der Waals surface area contributed by atoms with E-state index >= 15 is 0 Å². The van der Waals surface area contributed by atoms with Crippen molar-refractivity contribution in [3.05, 3.63) is 45.9 Å². The first-order valence-corrected chi connectivity index (χ1v) is 6.04. The minimum atomic E-state index is 0.975. The molecule has 0 radical (unpaired) electrons. The molecule has 0 unspecified atom stereocenters. The van der Waals surface area contributed by atoms with Crippen LogP contribution in [0.1, 0.15) is 16.1 Å². The number of rotatable bonds is 2. The Morgan fingerprint density at radius 2 is 2.40 bits per heavy atom. The Morgan fingerprint density at radius 3 is 3.27 bits per heavy atom. The summed E-state index contributed by atoms with van der Waals surface area (Å²) < 4.78 is 0. The fourth-order valence-electron chi connectivity index (χ4n) is 2.09. The molecular formula is C12H12N2S. The summed E-state index contributed by atoms with van der Waals surface area (Å²) >= 11 is 1.73. The SMILES string of the molecule is c1cc(Cc2nccs2)c2c(c1)NCC2. The lowest BCUT2D eigenvalue weighted by Crippen LogP contribution is -1.92. The third kappa shape index (κ3) is 1.63. The molecule has 0 aliphatic carbocycles. The van der Waals surface area contributed by atoms with Crippen molar-refractivity contribution in [3.63, 3.8) is 0 Å². The van der Waals surface area contributed by atoms with Gasteiger partial charge in [-0.3, -0.25) is 0 Å². The van der Waals surface area contributed by atoms with Crippen LogP contribution >= 0.6 is 11.3 Å². The van der Waals surface area contributed by atoms with Gasteiger partial charge < -0.3 is 5.32 Å². The molecule has 15 heavy (non-hydrogen) atoms. The number of thiazole rings is 1. The van der Waals surface area contributed by atoms with Gasteiger partial charge in [0.05, 0.1) is 5.01 Å². The monoisotopic (exact) mass is 216 g/mol. The summed E-state index contributed by atoms with van der Waals surface area (Å²) in [5.41, 5.74) is 4.21. The van der Waals surface area contributed by atoms with E-state index in [1.165, 1.54) is 21.8 Å². The van der Waals surface area contributed by atoms with Gasteiger partial charge >= 0.3 is 0 Å². The zero-order valence-electron chi connectivity index (χ0n) is 8.36. The molecule has 2 nitrogen and oxygen atoms in total. The minimum Gasteiger partial charge on any atom is -0.384 e. The van der Waals surface area contributed by atoms with Crippen molar-refractivity contribution in [1.82, 2.24) is 4.98 Å². The first-order valence-electron chi connectivity index (χ1n) is 5.16. The predicted molar refractivity (Wildman–Crippen MR) is 63.6 cm³/mol. The summed E-state index contributed by atoms with van der Waals surface area (Å²) in [6.45, 7) is 1.07. The second-order valence-corrected chi connectivity index (χ2v) is 4.70. The topological polar surface area (TPSA) is 24.9 Å². The molecule has 0 saturated heterocycles. The van der Waals surface area contributed by atoms with Crippen LogP contribution in [0, 0.1) is 0 Å². The van der Waals surface area contributed by atoms with Gasteiger partial charge in [0.15, 0.2) is 0 Å². The van der Waals surface area contributed by atoms with Crippen LogP contribution < -0.4 is 5.32 Å². The number of aromatic nitrogens is 1. The van der Waals surface area contributed by atoms with Crippen molar-refractivity contribution < 1.29 is 0 Å². The van der Waals surface area contributed by atoms with E-state index in [0.717, 1.165) is 19.4 Å². The normalized spacial score (nSPS) is 13.6. The number of fused-ring (bicyclic) bond motifs is 1. The summed E-state index contributed by atoms with van der Waals surface area (Å²) in [6, 6.07) is 6.50. The number of nitrogens with one attached hydrogen (secondary N) is 1. The van der Waals surface area contributed by atoms with E-state index in [0.29, 0.717) is 0 Å². The van der Waals surface area contributed by atoms with E-state index in [9.17, 15) is 0 Å². The van der Waals surface area contributed by atoms with Crippen molar-refractivity contribution in [2.45, 2.75) is 12.8 Å². The zero-order chi connectivity index (χ0) is 10.1. The van der Waals surface area contributed by atoms with Crippen molar-refractivity contribution in [1.29, 1.82) is 0 Å². The fraction of sp³-hybridized carbons (Fsp3) is 0.250. The molecule has 0 fully saturated rings. The maximum atomic E-state index is 4.34. The Balaban J connectivity index is 1.96. The Labute approximate surface area is 93.0 Å². The highest BCUT2D eigenvalue weighted by molar-refractivity contribution is 7.09. The van der Waals surface area contributed by atoms with Gasteiger partial charge in [-0.05, 0) is 23.6 Å². The molecule has 76 valence electrons. The van der Waals surface area contributed by atoms with Crippen LogP contribution in [0.25, 0.3) is 0 Å². The maximum Gasteiger partial charge on any atom is 0.0968 e. The largest absolute Gasteiger partial charge is 0.384 e. The molecular weight excluding hydrogens is 204 g/mol. The lowest BCUT2D eigenvalue weighted by Gasteiger charge is -2.05. The smallest absolute Gasteiger partial charge is 0.0968 e. The second-order valence-electron chi connectivity index (χ2n) is 3.72. The molecule has 2 heterocycles. The highest BCUT2D eigenvalue weighted by Crippen LogP contribution is 2.27.